The molecule has 2 fully saturated rings. The first-order chi connectivity index (χ1) is 7.88. The molecule has 1 aliphatic heterocycles. The maximum atomic E-state index is 3.65. The van der Waals surface area contributed by atoms with Crippen LogP contribution in [0.5, 0.6) is 0 Å². The molecule has 1 heterocycles. The van der Waals surface area contributed by atoms with E-state index in [9.17, 15) is 0 Å². The van der Waals surface area contributed by atoms with Gasteiger partial charge in [-0.25, -0.2) is 0 Å². The molecule has 2 rings (SSSR count). The zero-order valence-corrected chi connectivity index (χ0v) is 10.9. The highest BCUT2D eigenvalue weighted by Crippen LogP contribution is 2.28. The van der Waals surface area contributed by atoms with Gasteiger partial charge in [0, 0.05) is 12.6 Å². The first kappa shape index (κ1) is 12.4. The lowest BCUT2D eigenvalue weighted by molar-refractivity contribution is 0.295. The van der Waals surface area contributed by atoms with E-state index in [1.165, 1.54) is 71.1 Å². The van der Waals surface area contributed by atoms with Crippen LogP contribution < -0.4 is 5.32 Å². The Morgan fingerprint density at radius 3 is 2.75 bits per heavy atom. The normalized spacial score (nSPS) is 27.9. The third kappa shape index (κ3) is 3.74. The van der Waals surface area contributed by atoms with Crippen molar-refractivity contribution in [1.29, 1.82) is 0 Å². The van der Waals surface area contributed by atoms with Gasteiger partial charge in [0.2, 0.25) is 0 Å². The Morgan fingerprint density at radius 1 is 1.19 bits per heavy atom. The third-order valence-electron chi connectivity index (χ3n) is 4.28. The van der Waals surface area contributed by atoms with E-state index in [0.717, 1.165) is 12.0 Å². The van der Waals surface area contributed by atoms with Gasteiger partial charge < -0.3 is 10.2 Å². The zero-order chi connectivity index (χ0) is 11.2. The topological polar surface area (TPSA) is 15.3 Å². The highest BCUT2D eigenvalue weighted by atomic mass is 15.2. The summed E-state index contributed by atoms with van der Waals surface area (Å²) >= 11 is 0. The molecule has 16 heavy (non-hydrogen) atoms. The predicted molar refractivity (Wildman–Crippen MR) is 69.7 cm³/mol. The van der Waals surface area contributed by atoms with Crippen LogP contribution in [0.1, 0.15) is 51.9 Å². The van der Waals surface area contributed by atoms with E-state index in [0.29, 0.717) is 0 Å². The standard InChI is InChI=1S/C14H28N2/c1-2-9-15-14-8-11-16(12-14)10-7-13-5-3-4-6-13/h13-15H,2-12H2,1H3. The number of nitrogens with one attached hydrogen (secondary N) is 1. The molecular formula is C14H28N2. The number of rotatable bonds is 6. The van der Waals surface area contributed by atoms with Gasteiger partial charge in [0.15, 0.2) is 0 Å². The Hall–Kier alpha value is -0.0800. The minimum atomic E-state index is 0.781. The molecule has 0 amide bonds. The van der Waals surface area contributed by atoms with Crippen molar-refractivity contribution in [2.75, 3.05) is 26.2 Å². The van der Waals surface area contributed by atoms with E-state index in [2.05, 4.69) is 17.1 Å². The Labute approximate surface area is 101 Å². The fourth-order valence-corrected chi connectivity index (χ4v) is 3.22. The molecule has 94 valence electrons. The average Bonchev–Trinajstić information content (AvgIpc) is 2.95. The second-order valence-electron chi connectivity index (χ2n) is 5.68. The summed E-state index contributed by atoms with van der Waals surface area (Å²) in [6.45, 7) is 7.43. The fourth-order valence-electron chi connectivity index (χ4n) is 3.22. The summed E-state index contributed by atoms with van der Waals surface area (Å²) in [6, 6.07) is 0.781. The molecular weight excluding hydrogens is 196 g/mol. The minimum Gasteiger partial charge on any atom is -0.313 e. The van der Waals surface area contributed by atoms with Gasteiger partial charge in [-0.05, 0) is 44.8 Å². The van der Waals surface area contributed by atoms with Gasteiger partial charge in [0.1, 0.15) is 0 Å². The van der Waals surface area contributed by atoms with E-state index in [4.69, 9.17) is 0 Å². The van der Waals surface area contributed by atoms with E-state index in [1.54, 1.807) is 0 Å². The van der Waals surface area contributed by atoms with Crippen molar-refractivity contribution in [3.05, 3.63) is 0 Å². The second-order valence-corrected chi connectivity index (χ2v) is 5.68. The van der Waals surface area contributed by atoms with Crippen molar-refractivity contribution < 1.29 is 0 Å². The van der Waals surface area contributed by atoms with Crippen LogP contribution in [-0.2, 0) is 0 Å². The number of hydrogen-bond acceptors (Lipinski definition) is 2. The quantitative estimate of drug-likeness (QED) is 0.746. The monoisotopic (exact) mass is 224 g/mol. The molecule has 0 bridgehead atoms. The molecule has 0 radical (unpaired) electrons. The Kier molecular flexibility index (Phi) is 5.11. The third-order valence-corrected chi connectivity index (χ3v) is 4.28. The maximum Gasteiger partial charge on any atom is 0.0207 e. The zero-order valence-electron chi connectivity index (χ0n) is 10.9. The fraction of sp³-hybridized carbons (Fsp3) is 1.00. The van der Waals surface area contributed by atoms with Crippen molar-refractivity contribution in [2.24, 2.45) is 5.92 Å². The summed E-state index contributed by atoms with van der Waals surface area (Å²) in [5.41, 5.74) is 0. The van der Waals surface area contributed by atoms with Crippen molar-refractivity contribution >= 4 is 0 Å². The van der Waals surface area contributed by atoms with E-state index >= 15 is 0 Å². The second kappa shape index (κ2) is 6.61. The van der Waals surface area contributed by atoms with Gasteiger partial charge in [-0.3, -0.25) is 0 Å². The molecule has 0 aromatic heterocycles. The van der Waals surface area contributed by atoms with E-state index < -0.39 is 0 Å². The number of nitrogens with zero attached hydrogens (tertiary/aromatic N) is 1. The highest BCUT2D eigenvalue weighted by molar-refractivity contribution is 4.81. The van der Waals surface area contributed by atoms with Crippen LogP contribution >= 0.6 is 0 Å². The smallest absolute Gasteiger partial charge is 0.0207 e. The molecule has 1 atom stereocenters. The summed E-state index contributed by atoms with van der Waals surface area (Å²) in [7, 11) is 0. The lowest BCUT2D eigenvalue weighted by Crippen LogP contribution is -2.33. The van der Waals surface area contributed by atoms with Crippen molar-refractivity contribution in [1.82, 2.24) is 10.2 Å². The van der Waals surface area contributed by atoms with Gasteiger partial charge >= 0.3 is 0 Å². The molecule has 1 saturated heterocycles. The van der Waals surface area contributed by atoms with Crippen LogP contribution in [0, 0.1) is 5.92 Å². The molecule has 1 N–H and O–H groups in total. The van der Waals surface area contributed by atoms with Crippen LogP contribution in [0.4, 0.5) is 0 Å². The van der Waals surface area contributed by atoms with E-state index in [-0.39, 0.29) is 0 Å². The lowest BCUT2D eigenvalue weighted by atomic mass is 10.0. The Morgan fingerprint density at radius 2 is 2.00 bits per heavy atom. The molecule has 2 aliphatic rings. The summed E-state index contributed by atoms with van der Waals surface area (Å²) in [5.74, 6) is 1.06. The largest absolute Gasteiger partial charge is 0.313 e. The SMILES string of the molecule is CCCNC1CCN(CCC2CCCC2)C1. The van der Waals surface area contributed by atoms with Crippen molar-refractivity contribution in [3.8, 4) is 0 Å². The molecule has 0 aromatic rings. The molecule has 0 spiro atoms. The molecule has 1 saturated carbocycles. The number of likely N-dealkylation sites (tertiary alicyclic amines) is 1. The Bertz CT molecular complexity index is 187. The highest BCUT2D eigenvalue weighted by Gasteiger charge is 2.23. The predicted octanol–water partition coefficient (Wildman–Crippen LogP) is 2.64. The number of hydrogen-bond donors (Lipinski definition) is 1. The Balaban J connectivity index is 1.57. The summed E-state index contributed by atoms with van der Waals surface area (Å²) in [5, 5.41) is 3.65. The maximum absolute atomic E-state index is 3.65. The van der Waals surface area contributed by atoms with Crippen LogP contribution in [0.15, 0.2) is 0 Å². The van der Waals surface area contributed by atoms with Gasteiger partial charge in [0.25, 0.3) is 0 Å². The van der Waals surface area contributed by atoms with E-state index in [1.807, 2.05) is 0 Å². The summed E-state index contributed by atoms with van der Waals surface area (Å²) in [4.78, 5) is 2.67. The molecule has 2 nitrogen and oxygen atoms in total. The molecule has 1 aliphatic carbocycles. The first-order valence-electron chi connectivity index (χ1n) is 7.34. The van der Waals surface area contributed by atoms with Crippen LogP contribution in [-0.4, -0.2) is 37.1 Å². The van der Waals surface area contributed by atoms with Gasteiger partial charge in [0.05, 0.1) is 0 Å². The van der Waals surface area contributed by atoms with Gasteiger partial charge in [-0.1, -0.05) is 32.6 Å². The van der Waals surface area contributed by atoms with Crippen LogP contribution in [0.25, 0.3) is 0 Å². The molecule has 0 aromatic carbocycles. The van der Waals surface area contributed by atoms with Crippen molar-refractivity contribution in [2.45, 2.75) is 57.9 Å². The summed E-state index contributed by atoms with van der Waals surface area (Å²) < 4.78 is 0. The summed E-state index contributed by atoms with van der Waals surface area (Å²) in [6.07, 6.45) is 10.1. The molecule has 2 heteroatoms. The van der Waals surface area contributed by atoms with Crippen LogP contribution in [0.2, 0.25) is 0 Å². The average molecular weight is 224 g/mol. The van der Waals surface area contributed by atoms with Gasteiger partial charge in [-0.15, -0.1) is 0 Å². The van der Waals surface area contributed by atoms with Crippen molar-refractivity contribution in [3.63, 3.8) is 0 Å². The lowest BCUT2D eigenvalue weighted by Gasteiger charge is -2.18. The minimum absolute atomic E-state index is 0.781. The first-order valence-corrected chi connectivity index (χ1v) is 7.34. The van der Waals surface area contributed by atoms with Crippen LogP contribution in [0.3, 0.4) is 0 Å². The molecule has 1 unspecified atom stereocenters. The van der Waals surface area contributed by atoms with Gasteiger partial charge in [-0.2, -0.15) is 0 Å².